The number of benzene rings is 1. The van der Waals surface area contributed by atoms with Crippen molar-refractivity contribution in [1.29, 1.82) is 0 Å². The number of sulfonamides is 1. The first-order valence-corrected chi connectivity index (χ1v) is 9.43. The van der Waals surface area contributed by atoms with Gasteiger partial charge in [0.05, 0.1) is 11.3 Å². The Balaban J connectivity index is 2.14. The maximum Gasteiger partial charge on any atom is 0.238 e. The third-order valence-corrected chi connectivity index (χ3v) is 5.20. The molecule has 0 saturated heterocycles. The third-order valence-electron chi connectivity index (χ3n) is 4.29. The van der Waals surface area contributed by atoms with Gasteiger partial charge in [-0.3, -0.25) is 4.79 Å². The molecular weight excluding hydrogens is 324 g/mol. The number of hydrogen-bond acceptors (Lipinski definition) is 3. The second-order valence-electron chi connectivity index (χ2n) is 6.54. The van der Waals surface area contributed by atoms with Crippen LogP contribution in [0.3, 0.4) is 0 Å². The number of rotatable bonds is 4. The molecule has 0 aliphatic heterocycles. The highest BCUT2D eigenvalue weighted by Crippen LogP contribution is 2.30. The first-order valence-electron chi connectivity index (χ1n) is 7.88. The van der Waals surface area contributed by atoms with Crippen molar-refractivity contribution in [1.82, 2.24) is 0 Å². The zero-order chi connectivity index (χ0) is 18.1. The van der Waals surface area contributed by atoms with Crippen LogP contribution >= 0.6 is 0 Å². The Labute approximate surface area is 143 Å². The second-order valence-corrected chi connectivity index (χ2v) is 8.10. The van der Waals surface area contributed by atoms with Crippen LogP contribution in [-0.4, -0.2) is 14.3 Å². The Morgan fingerprint density at radius 2 is 1.96 bits per heavy atom. The van der Waals surface area contributed by atoms with Gasteiger partial charge in [-0.25, -0.2) is 13.6 Å². The third kappa shape index (κ3) is 4.33. The molecule has 130 valence electrons. The van der Waals surface area contributed by atoms with Gasteiger partial charge < -0.3 is 5.32 Å². The first-order chi connectivity index (χ1) is 11.1. The number of aryl methyl sites for hydroxylation is 1. The van der Waals surface area contributed by atoms with Gasteiger partial charge in [-0.1, -0.05) is 24.1 Å². The number of anilines is 1. The largest absolute Gasteiger partial charge is 0.326 e. The molecule has 1 aliphatic rings. The zero-order valence-corrected chi connectivity index (χ0v) is 15.3. The molecule has 0 aromatic heterocycles. The molecule has 1 amide bonds. The van der Waals surface area contributed by atoms with Crippen LogP contribution < -0.4 is 10.5 Å². The first kappa shape index (κ1) is 18.4. The maximum absolute atomic E-state index is 12.4. The molecule has 0 fully saturated rings. The predicted octanol–water partition coefficient (Wildman–Crippen LogP) is 3.27. The lowest BCUT2D eigenvalue weighted by Gasteiger charge is -2.21. The second kappa shape index (κ2) is 6.91. The smallest absolute Gasteiger partial charge is 0.238 e. The predicted molar refractivity (Wildman–Crippen MR) is 96.0 cm³/mol. The number of amides is 1. The highest BCUT2D eigenvalue weighted by molar-refractivity contribution is 7.89. The van der Waals surface area contributed by atoms with Crippen LogP contribution in [0.4, 0.5) is 5.69 Å². The Morgan fingerprint density at radius 3 is 2.50 bits per heavy atom. The van der Waals surface area contributed by atoms with E-state index in [4.69, 9.17) is 5.14 Å². The van der Waals surface area contributed by atoms with E-state index in [-0.39, 0.29) is 10.8 Å². The van der Waals surface area contributed by atoms with Gasteiger partial charge in [0.2, 0.25) is 15.9 Å². The fourth-order valence-corrected chi connectivity index (χ4v) is 3.73. The highest BCUT2D eigenvalue weighted by atomic mass is 32.2. The van der Waals surface area contributed by atoms with Crippen molar-refractivity contribution in [3.8, 4) is 0 Å². The van der Waals surface area contributed by atoms with E-state index >= 15 is 0 Å². The lowest BCUT2D eigenvalue weighted by Crippen LogP contribution is -2.17. The lowest BCUT2D eigenvalue weighted by atomic mass is 9.85. The molecule has 3 N–H and O–H groups in total. The molecule has 1 aromatic rings. The summed E-state index contributed by atoms with van der Waals surface area (Å²) >= 11 is 0. The molecule has 6 heteroatoms. The summed E-state index contributed by atoms with van der Waals surface area (Å²) in [6.07, 6.45) is 3.49. The molecule has 24 heavy (non-hydrogen) atoms. The van der Waals surface area contributed by atoms with Crippen molar-refractivity contribution in [2.24, 2.45) is 11.1 Å². The van der Waals surface area contributed by atoms with Gasteiger partial charge in [0.1, 0.15) is 0 Å². The van der Waals surface area contributed by atoms with Gasteiger partial charge >= 0.3 is 0 Å². The van der Waals surface area contributed by atoms with E-state index in [0.717, 1.165) is 17.6 Å². The van der Waals surface area contributed by atoms with Gasteiger partial charge in [-0.2, -0.15) is 0 Å². The van der Waals surface area contributed by atoms with Gasteiger partial charge in [0.25, 0.3) is 0 Å². The van der Waals surface area contributed by atoms with E-state index in [0.29, 0.717) is 23.6 Å². The van der Waals surface area contributed by atoms with Crippen molar-refractivity contribution >= 4 is 21.6 Å². The molecule has 1 atom stereocenters. The zero-order valence-electron chi connectivity index (χ0n) is 14.5. The number of carbonyl (C=O) groups excluding carboxylic acids is 1. The lowest BCUT2D eigenvalue weighted by molar-refractivity contribution is -0.115. The summed E-state index contributed by atoms with van der Waals surface area (Å²) in [5.74, 6) is 0.392. The monoisotopic (exact) mass is 348 g/mol. The quantitative estimate of drug-likeness (QED) is 0.875. The molecule has 2 rings (SSSR count). The van der Waals surface area contributed by atoms with Crippen LogP contribution in [0.15, 0.2) is 45.9 Å². The van der Waals surface area contributed by atoms with Crippen LogP contribution in [0.2, 0.25) is 0 Å². The summed E-state index contributed by atoms with van der Waals surface area (Å²) in [6.45, 7) is 8.01. The Morgan fingerprint density at radius 1 is 1.29 bits per heavy atom. The van der Waals surface area contributed by atoms with E-state index in [1.807, 2.05) is 6.92 Å². The molecule has 0 spiro atoms. The van der Waals surface area contributed by atoms with Gasteiger partial charge in [0, 0.05) is 5.69 Å². The summed E-state index contributed by atoms with van der Waals surface area (Å²) in [4.78, 5) is 12.4. The van der Waals surface area contributed by atoms with Gasteiger partial charge in [-0.15, -0.1) is 0 Å². The normalized spacial score (nSPS) is 18.4. The van der Waals surface area contributed by atoms with Crippen molar-refractivity contribution < 1.29 is 13.2 Å². The SMILES string of the molecule is CC1=C[C@@H](C)CC(C)=C1CC(=O)Nc1ccc(S(N)(=O)=O)cc1C. The molecule has 5 nitrogen and oxygen atoms in total. The fourth-order valence-electron chi connectivity index (χ4n) is 3.13. The summed E-state index contributed by atoms with van der Waals surface area (Å²) in [7, 11) is -3.74. The molecule has 0 saturated carbocycles. The van der Waals surface area contributed by atoms with Gasteiger partial charge in [0.15, 0.2) is 0 Å². The molecule has 0 radical (unpaired) electrons. The Bertz CT molecular complexity index is 836. The summed E-state index contributed by atoms with van der Waals surface area (Å²) in [5.41, 5.74) is 4.74. The summed E-state index contributed by atoms with van der Waals surface area (Å²) < 4.78 is 22.7. The number of primary sulfonamides is 1. The van der Waals surface area contributed by atoms with E-state index in [2.05, 4.69) is 25.2 Å². The average molecular weight is 348 g/mol. The van der Waals surface area contributed by atoms with Crippen molar-refractivity contribution in [3.05, 3.63) is 46.6 Å². The summed E-state index contributed by atoms with van der Waals surface area (Å²) in [6, 6.07) is 4.43. The van der Waals surface area contributed by atoms with Crippen LogP contribution in [-0.2, 0) is 14.8 Å². The van der Waals surface area contributed by atoms with Gasteiger partial charge in [-0.05, 0) is 62.4 Å². The number of nitrogens with one attached hydrogen (secondary N) is 1. The van der Waals surface area contributed by atoms with Crippen LogP contribution in [0, 0.1) is 12.8 Å². The highest BCUT2D eigenvalue weighted by Gasteiger charge is 2.18. The van der Waals surface area contributed by atoms with Crippen LogP contribution in [0.1, 0.15) is 39.2 Å². The molecule has 1 aliphatic carbocycles. The molecule has 0 bridgehead atoms. The Kier molecular flexibility index (Phi) is 5.30. The minimum Gasteiger partial charge on any atom is -0.326 e. The van der Waals surface area contributed by atoms with E-state index in [1.165, 1.54) is 17.7 Å². The minimum atomic E-state index is -3.74. The molecular formula is C18H24N2O3S. The van der Waals surface area contributed by atoms with E-state index < -0.39 is 10.0 Å². The van der Waals surface area contributed by atoms with Crippen LogP contribution in [0.25, 0.3) is 0 Å². The topological polar surface area (TPSA) is 89.3 Å². The number of carbonyl (C=O) groups is 1. The fraction of sp³-hybridized carbons (Fsp3) is 0.389. The number of allylic oxidation sites excluding steroid dienone is 3. The standard InChI is InChI=1S/C18H24N2O3S/c1-11-7-12(2)16(13(3)8-11)10-18(21)20-17-6-5-15(9-14(17)4)24(19,22)23/h5-7,9,11H,8,10H2,1-4H3,(H,20,21)(H2,19,22,23)/t11-/m1/s1. The van der Waals surface area contributed by atoms with Crippen molar-refractivity contribution in [2.75, 3.05) is 5.32 Å². The molecule has 0 heterocycles. The average Bonchev–Trinajstić information content (AvgIpc) is 2.44. The van der Waals surface area contributed by atoms with Crippen molar-refractivity contribution in [3.63, 3.8) is 0 Å². The van der Waals surface area contributed by atoms with Crippen LogP contribution in [0.5, 0.6) is 0 Å². The van der Waals surface area contributed by atoms with E-state index in [1.54, 1.807) is 13.0 Å². The Hall–Kier alpha value is -1.92. The number of nitrogens with two attached hydrogens (primary N) is 1. The van der Waals surface area contributed by atoms with E-state index in [9.17, 15) is 13.2 Å². The minimum absolute atomic E-state index is 0.0385. The van der Waals surface area contributed by atoms with Crippen molar-refractivity contribution in [2.45, 2.75) is 45.4 Å². The number of hydrogen-bond donors (Lipinski definition) is 2. The molecule has 1 aromatic carbocycles. The summed E-state index contributed by atoms with van der Waals surface area (Å²) in [5, 5.41) is 7.97. The maximum atomic E-state index is 12.4. The molecule has 0 unspecified atom stereocenters.